The Balaban J connectivity index is 2.93. The molecule has 11 heavy (non-hydrogen) atoms. The van der Waals surface area contributed by atoms with Crippen LogP contribution in [0, 0.1) is 0 Å². The molecule has 4 heteroatoms. The smallest absolute Gasteiger partial charge is 0.152 e. The first-order valence-corrected chi connectivity index (χ1v) is 4.23. The molecule has 2 aromatic heterocycles. The van der Waals surface area contributed by atoms with Gasteiger partial charge in [0, 0.05) is 18.6 Å². The van der Waals surface area contributed by atoms with Crippen molar-refractivity contribution in [3.05, 3.63) is 34.2 Å². The number of pyridine rings is 1. The molecule has 2 aromatic rings. The van der Waals surface area contributed by atoms with Gasteiger partial charge in [-0.15, -0.1) is 0 Å². The summed E-state index contributed by atoms with van der Waals surface area (Å²) in [4.78, 5) is 4.11. The van der Waals surface area contributed by atoms with Gasteiger partial charge >= 0.3 is 0 Å². The highest BCUT2D eigenvalue weighted by Gasteiger charge is 2.02. The minimum atomic E-state index is 0.684. The summed E-state index contributed by atoms with van der Waals surface area (Å²) in [6, 6.07) is 1.82. The zero-order valence-electron chi connectivity index (χ0n) is 5.46. The molecule has 0 saturated carbocycles. The van der Waals surface area contributed by atoms with Crippen LogP contribution in [0.25, 0.3) is 5.65 Å². The van der Waals surface area contributed by atoms with E-state index in [1.54, 1.807) is 6.20 Å². The Kier molecular flexibility index (Phi) is 1.62. The van der Waals surface area contributed by atoms with Crippen LogP contribution in [-0.2, 0) is 0 Å². The van der Waals surface area contributed by atoms with Gasteiger partial charge in [0.25, 0.3) is 0 Å². The van der Waals surface area contributed by atoms with Crippen molar-refractivity contribution >= 4 is 33.2 Å². The van der Waals surface area contributed by atoms with Crippen molar-refractivity contribution in [1.82, 2.24) is 9.38 Å². The van der Waals surface area contributed by atoms with Crippen LogP contribution in [-0.4, -0.2) is 9.38 Å². The van der Waals surface area contributed by atoms with Gasteiger partial charge in [-0.05, 0) is 22.0 Å². The minimum Gasteiger partial charge on any atom is -0.306 e. The summed E-state index contributed by atoms with van der Waals surface area (Å²) in [7, 11) is 0. The van der Waals surface area contributed by atoms with Crippen LogP contribution < -0.4 is 0 Å². The van der Waals surface area contributed by atoms with Gasteiger partial charge in [-0.1, -0.05) is 11.6 Å². The third-order valence-corrected chi connectivity index (χ3v) is 2.78. The highest BCUT2D eigenvalue weighted by atomic mass is 79.9. The SMILES string of the molecule is Clc1ccn2ccnc2c1Br. The van der Waals surface area contributed by atoms with Crippen LogP contribution in [0.4, 0.5) is 0 Å². The van der Waals surface area contributed by atoms with E-state index < -0.39 is 0 Å². The van der Waals surface area contributed by atoms with E-state index in [1.807, 2.05) is 22.9 Å². The molecular weight excluding hydrogens is 227 g/mol. The van der Waals surface area contributed by atoms with Gasteiger partial charge in [0.2, 0.25) is 0 Å². The summed E-state index contributed by atoms with van der Waals surface area (Å²) < 4.78 is 2.74. The molecular formula is C7H4BrClN2. The van der Waals surface area contributed by atoms with E-state index in [0.29, 0.717) is 5.02 Å². The molecule has 0 fully saturated rings. The topological polar surface area (TPSA) is 17.3 Å². The molecule has 0 aliphatic rings. The Labute approximate surface area is 76.9 Å². The maximum atomic E-state index is 5.84. The maximum absolute atomic E-state index is 5.84. The first kappa shape index (κ1) is 7.13. The molecule has 0 N–H and O–H groups in total. The van der Waals surface area contributed by atoms with Gasteiger partial charge in [0.1, 0.15) is 0 Å². The number of halogens is 2. The number of hydrogen-bond acceptors (Lipinski definition) is 1. The molecule has 0 spiro atoms. The van der Waals surface area contributed by atoms with Gasteiger partial charge < -0.3 is 4.40 Å². The molecule has 0 aromatic carbocycles. The average molecular weight is 231 g/mol. The van der Waals surface area contributed by atoms with Crippen molar-refractivity contribution in [1.29, 1.82) is 0 Å². The van der Waals surface area contributed by atoms with Crippen molar-refractivity contribution in [3.63, 3.8) is 0 Å². The van der Waals surface area contributed by atoms with Crippen molar-refractivity contribution < 1.29 is 0 Å². The number of nitrogens with zero attached hydrogens (tertiary/aromatic N) is 2. The zero-order chi connectivity index (χ0) is 7.84. The zero-order valence-corrected chi connectivity index (χ0v) is 7.80. The second-order valence-corrected chi connectivity index (χ2v) is 3.34. The van der Waals surface area contributed by atoms with E-state index in [0.717, 1.165) is 10.1 Å². The Morgan fingerprint density at radius 1 is 1.45 bits per heavy atom. The molecule has 0 amide bonds. The van der Waals surface area contributed by atoms with Crippen molar-refractivity contribution in [3.8, 4) is 0 Å². The fourth-order valence-corrected chi connectivity index (χ4v) is 1.51. The summed E-state index contributed by atoms with van der Waals surface area (Å²) in [6.07, 6.45) is 5.47. The lowest BCUT2D eigenvalue weighted by Crippen LogP contribution is -1.83. The maximum Gasteiger partial charge on any atom is 0.152 e. The number of aromatic nitrogens is 2. The highest BCUT2D eigenvalue weighted by Crippen LogP contribution is 2.25. The number of rotatable bonds is 0. The van der Waals surface area contributed by atoms with E-state index >= 15 is 0 Å². The Morgan fingerprint density at radius 3 is 3.09 bits per heavy atom. The molecule has 0 radical (unpaired) electrons. The van der Waals surface area contributed by atoms with Gasteiger partial charge in [-0.25, -0.2) is 4.98 Å². The van der Waals surface area contributed by atoms with Crippen LogP contribution in [0.3, 0.4) is 0 Å². The predicted octanol–water partition coefficient (Wildman–Crippen LogP) is 2.75. The molecule has 56 valence electrons. The standard InChI is InChI=1S/C7H4BrClN2/c8-6-5(9)1-3-11-4-2-10-7(6)11/h1-4H. The van der Waals surface area contributed by atoms with Crippen molar-refractivity contribution in [2.45, 2.75) is 0 Å². The van der Waals surface area contributed by atoms with Gasteiger partial charge in [-0.2, -0.15) is 0 Å². The molecule has 0 saturated heterocycles. The lowest BCUT2D eigenvalue weighted by atomic mass is 10.5. The molecule has 0 atom stereocenters. The normalized spacial score (nSPS) is 10.7. The Morgan fingerprint density at radius 2 is 2.27 bits per heavy atom. The molecule has 0 aliphatic heterocycles. The lowest BCUT2D eigenvalue weighted by Gasteiger charge is -1.97. The molecule has 0 aliphatic carbocycles. The second kappa shape index (κ2) is 2.50. The van der Waals surface area contributed by atoms with Crippen LogP contribution in [0.1, 0.15) is 0 Å². The first-order valence-electron chi connectivity index (χ1n) is 3.06. The molecule has 0 bridgehead atoms. The van der Waals surface area contributed by atoms with Gasteiger partial charge in [0.15, 0.2) is 5.65 Å². The van der Waals surface area contributed by atoms with Crippen molar-refractivity contribution in [2.24, 2.45) is 0 Å². The number of fused-ring (bicyclic) bond motifs is 1. The minimum absolute atomic E-state index is 0.684. The van der Waals surface area contributed by atoms with E-state index in [2.05, 4.69) is 20.9 Å². The molecule has 2 nitrogen and oxygen atoms in total. The predicted molar refractivity (Wildman–Crippen MR) is 47.9 cm³/mol. The van der Waals surface area contributed by atoms with Crippen molar-refractivity contribution in [2.75, 3.05) is 0 Å². The lowest BCUT2D eigenvalue weighted by molar-refractivity contribution is 1.18. The van der Waals surface area contributed by atoms with Gasteiger partial charge in [-0.3, -0.25) is 0 Å². The summed E-state index contributed by atoms with van der Waals surface area (Å²) in [5.41, 5.74) is 0.845. The number of hydrogen-bond donors (Lipinski definition) is 0. The second-order valence-electron chi connectivity index (χ2n) is 2.14. The summed E-state index contributed by atoms with van der Waals surface area (Å²) in [6.45, 7) is 0. The van der Waals surface area contributed by atoms with Crippen LogP contribution in [0.15, 0.2) is 29.1 Å². The summed E-state index contributed by atoms with van der Waals surface area (Å²) >= 11 is 9.19. The summed E-state index contributed by atoms with van der Waals surface area (Å²) in [5.74, 6) is 0. The first-order chi connectivity index (χ1) is 5.29. The summed E-state index contributed by atoms with van der Waals surface area (Å²) in [5, 5.41) is 0.684. The third kappa shape index (κ3) is 1.04. The highest BCUT2D eigenvalue weighted by molar-refractivity contribution is 9.10. The van der Waals surface area contributed by atoms with Crippen LogP contribution in [0.2, 0.25) is 5.02 Å². The molecule has 0 unspecified atom stereocenters. The van der Waals surface area contributed by atoms with E-state index in [1.165, 1.54) is 0 Å². The molecule has 2 rings (SSSR count). The fraction of sp³-hybridized carbons (Fsp3) is 0. The third-order valence-electron chi connectivity index (χ3n) is 1.46. The van der Waals surface area contributed by atoms with Gasteiger partial charge in [0.05, 0.1) is 9.50 Å². The van der Waals surface area contributed by atoms with Crippen LogP contribution >= 0.6 is 27.5 Å². The van der Waals surface area contributed by atoms with E-state index in [4.69, 9.17) is 11.6 Å². The largest absolute Gasteiger partial charge is 0.306 e. The van der Waals surface area contributed by atoms with E-state index in [9.17, 15) is 0 Å². The Hall–Kier alpha value is -0.540. The monoisotopic (exact) mass is 230 g/mol. The number of imidazole rings is 1. The molecule has 2 heterocycles. The Bertz CT molecular complexity index is 396. The van der Waals surface area contributed by atoms with Crippen LogP contribution in [0.5, 0.6) is 0 Å². The van der Waals surface area contributed by atoms with E-state index in [-0.39, 0.29) is 0 Å². The quantitative estimate of drug-likeness (QED) is 0.681. The average Bonchev–Trinajstić information content (AvgIpc) is 2.45. The fourth-order valence-electron chi connectivity index (χ4n) is 0.929.